The fourth-order valence-electron chi connectivity index (χ4n) is 5.58. The number of nitrogens with one attached hydrogen (secondary N) is 1. The van der Waals surface area contributed by atoms with E-state index >= 15 is 0 Å². The summed E-state index contributed by atoms with van der Waals surface area (Å²) in [6.07, 6.45) is 3.40. The minimum atomic E-state index is -0.552. The number of anilines is 1. The van der Waals surface area contributed by atoms with Crippen molar-refractivity contribution in [2.24, 2.45) is 0 Å². The van der Waals surface area contributed by atoms with Crippen LogP contribution in [0.25, 0.3) is 0 Å². The summed E-state index contributed by atoms with van der Waals surface area (Å²) < 4.78 is 19.8. The van der Waals surface area contributed by atoms with Crippen LogP contribution in [0.1, 0.15) is 60.9 Å². The summed E-state index contributed by atoms with van der Waals surface area (Å²) in [4.78, 5) is 26.6. The molecule has 1 aliphatic carbocycles. The van der Waals surface area contributed by atoms with E-state index in [4.69, 9.17) is 16.3 Å². The zero-order valence-electron chi connectivity index (χ0n) is 20.5. The summed E-state index contributed by atoms with van der Waals surface area (Å²) in [7, 11) is 0. The number of rotatable bonds is 6. The largest absolute Gasteiger partial charge is 0.387 e. The Bertz CT molecular complexity index is 1090. The Kier molecular flexibility index (Phi) is 7.71. The highest BCUT2D eigenvalue weighted by Crippen LogP contribution is 2.42. The minimum absolute atomic E-state index is 0.0207. The molecule has 2 saturated heterocycles. The molecule has 1 aromatic heterocycles. The van der Waals surface area contributed by atoms with Crippen LogP contribution in [0.15, 0.2) is 24.5 Å². The summed E-state index contributed by atoms with van der Waals surface area (Å²) in [5.41, 5.74) is 2.36. The molecule has 10 heteroatoms. The van der Waals surface area contributed by atoms with Crippen LogP contribution in [-0.2, 0) is 9.53 Å². The Morgan fingerprint density at radius 3 is 2.72 bits per heavy atom. The molecule has 8 nitrogen and oxygen atoms in total. The molecule has 0 bridgehead atoms. The highest BCUT2D eigenvalue weighted by atomic mass is 35.5. The van der Waals surface area contributed by atoms with Crippen molar-refractivity contribution < 1.29 is 19.0 Å². The van der Waals surface area contributed by atoms with Gasteiger partial charge in [0, 0.05) is 57.5 Å². The highest BCUT2D eigenvalue weighted by molar-refractivity contribution is 6.30. The van der Waals surface area contributed by atoms with Crippen LogP contribution in [0.5, 0.6) is 0 Å². The molecule has 0 spiro atoms. The molecule has 1 unspecified atom stereocenters. The Morgan fingerprint density at radius 2 is 2.00 bits per heavy atom. The van der Waals surface area contributed by atoms with Gasteiger partial charge in [-0.25, -0.2) is 14.4 Å². The second-order valence-electron chi connectivity index (χ2n) is 9.98. The molecule has 1 amide bonds. The number of hydrogen-bond acceptors (Lipinski definition) is 7. The molecule has 0 radical (unpaired) electrons. The van der Waals surface area contributed by atoms with Crippen molar-refractivity contribution in [1.82, 2.24) is 20.2 Å². The maximum atomic E-state index is 14.3. The summed E-state index contributed by atoms with van der Waals surface area (Å²) in [6.45, 7) is 6.27. The molecule has 2 aromatic rings. The van der Waals surface area contributed by atoms with E-state index in [1.54, 1.807) is 6.07 Å². The molecule has 36 heavy (non-hydrogen) atoms. The van der Waals surface area contributed by atoms with Gasteiger partial charge in [0.15, 0.2) is 0 Å². The quantitative estimate of drug-likeness (QED) is 0.608. The molecular weight excluding hydrogens is 485 g/mol. The number of carbonyl (C=O) groups excluding carboxylic acids is 1. The molecule has 3 atom stereocenters. The van der Waals surface area contributed by atoms with Crippen LogP contribution in [0, 0.1) is 5.82 Å². The van der Waals surface area contributed by atoms with E-state index in [9.17, 15) is 14.3 Å². The Hall–Kier alpha value is -2.33. The van der Waals surface area contributed by atoms with E-state index in [0.29, 0.717) is 57.9 Å². The zero-order chi connectivity index (χ0) is 25.2. The van der Waals surface area contributed by atoms with E-state index in [1.807, 2.05) is 4.90 Å². The van der Waals surface area contributed by atoms with E-state index in [-0.39, 0.29) is 22.9 Å². The molecule has 5 rings (SSSR count). The van der Waals surface area contributed by atoms with E-state index in [2.05, 4.69) is 27.1 Å². The number of piperazine rings is 1. The van der Waals surface area contributed by atoms with Gasteiger partial charge >= 0.3 is 0 Å². The number of fused-ring (bicyclic) bond motifs is 1. The number of hydrogen-bond donors (Lipinski definition) is 2. The lowest BCUT2D eigenvalue weighted by Crippen LogP contribution is -2.52. The topological polar surface area (TPSA) is 90.8 Å². The van der Waals surface area contributed by atoms with Crippen molar-refractivity contribution in [3.8, 4) is 0 Å². The molecule has 3 heterocycles. The average molecular weight is 518 g/mol. The number of carbonyl (C=O) groups is 1. The number of nitrogens with zero attached hydrogens (tertiary/aromatic N) is 4. The first kappa shape index (κ1) is 25.3. The van der Waals surface area contributed by atoms with Crippen molar-refractivity contribution >= 4 is 23.3 Å². The van der Waals surface area contributed by atoms with Crippen LogP contribution in [0.4, 0.5) is 10.2 Å². The van der Waals surface area contributed by atoms with E-state index in [1.165, 1.54) is 18.5 Å². The number of amides is 1. The predicted octanol–water partition coefficient (Wildman–Crippen LogP) is 3.01. The Labute approximate surface area is 215 Å². The molecule has 2 fully saturated rings. The van der Waals surface area contributed by atoms with Crippen molar-refractivity contribution in [2.75, 3.05) is 50.8 Å². The lowest BCUT2D eigenvalue weighted by atomic mass is 9.95. The van der Waals surface area contributed by atoms with Crippen LogP contribution in [0.2, 0.25) is 5.02 Å². The molecule has 194 valence electrons. The summed E-state index contributed by atoms with van der Waals surface area (Å²) in [6, 6.07) is 4.92. The molecule has 2 N–H and O–H groups in total. The first-order chi connectivity index (χ1) is 17.4. The zero-order valence-corrected chi connectivity index (χ0v) is 21.3. The fraction of sp³-hybridized carbons (Fsp3) is 0.577. The molecule has 0 saturated carbocycles. The molecular formula is C26H33ClFN5O3. The number of aromatic nitrogens is 2. The number of ether oxygens (including phenoxy) is 1. The van der Waals surface area contributed by atoms with E-state index < -0.39 is 17.8 Å². The van der Waals surface area contributed by atoms with Gasteiger partial charge in [-0.2, -0.15) is 0 Å². The monoisotopic (exact) mass is 517 g/mol. The smallest absolute Gasteiger partial charge is 0.231 e. The lowest BCUT2D eigenvalue weighted by molar-refractivity contribution is -0.133. The summed E-state index contributed by atoms with van der Waals surface area (Å²) in [5.74, 6) is -0.00555. The maximum absolute atomic E-state index is 14.3. The van der Waals surface area contributed by atoms with Crippen molar-refractivity contribution in [2.45, 2.75) is 50.2 Å². The standard InChI is InChI=1S/C26H33ClFN5O3/c1-16-12-22(34)24-23(16)25(31-15-30-24)32-6-8-33(9-7-32)26(35)19(14-29-18-4-10-36-11-5-18)17-2-3-20(27)21(28)13-17/h2-3,13,15-16,18-19,22,29,34H,4-12,14H2,1H3/t16-,19?,22+/m1/s1. The highest BCUT2D eigenvalue weighted by Gasteiger charge is 2.35. The van der Waals surface area contributed by atoms with E-state index in [0.717, 1.165) is 29.9 Å². The first-order valence-corrected chi connectivity index (χ1v) is 13.1. The second-order valence-corrected chi connectivity index (χ2v) is 10.4. The Balaban J connectivity index is 1.29. The van der Waals surface area contributed by atoms with Crippen LogP contribution in [-0.4, -0.2) is 77.9 Å². The van der Waals surface area contributed by atoms with Gasteiger partial charge in [0.2, 0.25) is 5.91 Å². The second kappa shape index (κ2) is 11.0. The minimum Gasteiger partial charge on any atom is -0.387 e. The normalized spacial score (nSPS) is 23.6. The SMILES string of the molecule is C[C@@H]1C[C@H](O)c2ncnc(N3CCN(C(=O)C(CNC4CCOCC4)c4ccc(Cl)c(F)c4)CC3)c21. The van der Waals surface area contributed by atoms with Crippen LogP contribution < -0.4 is 10.2 Å². The summed E-state index contributed by atoms with van der Waals surface area (Å²) >= 11 is 5.91. The van der Waals surface area contributed by atoms with Gasteiger partial charge in [0.1, 0.15) is 18.0 Å². The van der Waals surface area contributed by atoms with Crippen LogP contribution >= 0.6 is 11.6 Å². The summed E-state index contributed by atoms with van der Waals surface area (Å²) in [5, 5.41) is 13.9. The average Bonchev–Trinajstić information content (AvgIpc) is 3.20. The van der Waals surface area contributed by atoms with Gasteiger partial charge in [-0.3, -0.25) is 4.79 Å². The number of benzene rings is 1. The van der Waals surface area contributed by atoms with Gasteiger partial charge in [-0.05, 0) is 42.9 Å². The fourth-order valence-corrected chi connectivity index (χ4v) is 5.69. The number of halogens is 2. The van der Waals surface area contributed by atoms with Gasteiger partial charge in [-0.15, -0.1) is 0 Å². The molecule has 1 aromatic carbocycles. The van der Waals surface area contributed by atoms with Crippen molar-refractivity contribution in [1.29, 1.82) is 0 Å². The van der Waals surface area contributed by atoms with Crippen molar-refractivity contribution in [3.63, 3.8) is 0 Å². The molecule has 2 aliphatic heterocycles. The third-order valence-corrected chi connectivity index (χ3v) is 7.95. The third kappa shape index (κ3) is 5.20. The van der Waals surface area contributed by atoms with Crippen LogP contribution in [0.3, 0.4) is 0 Å². The maximum Gasteiger partial charge on any atom is 0.231 e. The molecule has 3 aliphatic rings. The van der Waals surface area contributed by atoms with Gasteiger partial charge in [-0.1, -0.05) is 24.6 Å². The Morgan fingerprint density at radius 1 is 1.25 bits per heavy atom. The lowest BCUT2D eigenvalue weighted by Gasteiger charge is -2.38. The van der Waals surface area contributed by atoms with Gasteiger partial charge in [0.25, 0.3) is 0 Å². The van der Waals surface area contributed by atoms with Crippen molar-refractivity contribution in [3.05, 3.63) is 52.2 Å². The number of aliphatic hydroxyl groups is 1. The predicted molar refractivity (Wildman–Crippen MR) is 135 cm³/mol. The first-order valence-electron chi connectivity index (χ1n) is 12.7. The van der Waals surface area contributed by atoms with Gasteiger partial charge in [0.05, 0.1) is 22.7 Å². The van der Waals surface area contributed by atoms with Gasteiger partial charge < -0.3 is 25.0 Å². The third-order valence-electron chi connectivity index (χ3n) is 7.65. The number of aliphatic hydroxyl groups excluding tert-OH is 1.